The zero-order chi connectivity index (χ0) is 24.7. The van der Waals surface area contributed by atoms with Crippen molar-refractivity contribution in [3.8, 4) is 0 Å². The molecule has 3 aliphatic rings. The number of nitrogens with one attached hydrogen (secondary N) is 4. The zero-order valence-corrected chi connectivity index (χ0v) is 21.1. The van der Waals surface area contributed by atoms with Gasteiger partial charge in [0.15, 0.2) is 5.82 Å². The molecule has 3 fully saturated rings. The molecule has 10 heteroatoms. The summed E-state index contributed by atoms with van der Waals surface area (Å²) >= 11 is 0. The van der Waals surface area contributed by atoms with E-state index in [1.807, 2.05) is 25.3 Å². The third-order valence-corrected chi connectivity index (χ3v) is 7.39. The molecule has 0 radical (unpaired) electrons. The molecule has 5 rings (SSSR count). The average Bonchev–Trinajstić information content (AvgIpc) is 2.93. The molecule has 0 aromatic carbocycles. The molecule has 194 valence electrons. The van der Waals surface area contributed by atoms with E-state index in [4.69, 9.17) is 29.8 Å². The van der Waals surface area contributed by atoms with Crippen LogP contribution in [0.2, 0.25) is 0 Å². The molecular formula is C26H38N8O2. The Balaban J connectivity index is 1.29. The maximum atomic E-state index is 7.86. The lowest BCUT2D eigenvalue weighted by atomic mass is 9.90. The summed E-state index contributed by atoms with van der Waals surface area (Å²) in [5, 5.41) is 18.2. The first-order valence-corrected chi connectivity index (χ1v) is 13.2. The number of rotatable bonds is 8. The molecule has 0 atom stereocenters. The average molecular weight is 495 g/mol. The number of fused-ring (bicyclic) bond motifs is 1. The molecule has 0 unspecified atom stereocenters. The normalized spacial score (nSPS) is 24.4. The van der Waals surface area contributed by atoms with Crippen LogP contribution in [0, 0.1) is 12.3 Å². The van der Waals surface area contributed by atoms with E-state index >= 15 is 0 Å². The number of nitrogens with zero attached hydrogens (tertiary/aromatic N) is 4. The van der Waals surface area contributed by atoms with Crippen LogP contribution in [0.25, 0.3) is 11.0 Å². The molecule has 0 spiro atoms. The van der Waals surface area contributed by atoms with E-state index in [-0.39, 0.29) is 0 Å². The number of aromatic nitrogens is 3. The first-order chi connectivity index (χ1) is 17.7. The summed E-state index contributed by atoms with van der Waals surface area (Å²) < 4.78 is 11.0. The van der Waals surface area contributed by atoms with Gasteiger partial charge in [-0.25, -0.2) is 9.97 Å². The predicted molar refractivity (Wildman–Crippen MR) is 142 cm³/mol. The van der Waals surface area contributed by atoms with Crippen molar-refractivity contribution >= 4 is 29.0 Å². The minimum absolute atomic E-state index is 0.350. The summed E-state index contributed by atoms with van der Waals surface area (Å²) in [6, 6.07) is 5.30. The minimum Gasteiger partial charge on any atom is -0.386 e. The fraction of sp³-hybridized carbons (Fsp3) is 0.615. The number of pyridine rings is 1. The Morgan fingerprint density at radius 1 is 0.944 bits per heavy atom. The number of hydrogen-bond acceptors (Lipinski definition) is 10. The van der Waals surface area contributed by atoms with Crippen LogP contribution in [0.1, 0.15) is 44.2 Å². The third-order valence-electron chi connectivity index (χ3n) is 7.39. The standard InChI is InChI=1S/C26H38N8O2/c1-18-2-7-23-24(29-18)25(30-20-3-5-22(6-4-20)34-10-14-36-15-11-34)33-26(32-23)31-21(16-27)17-28-19-8-12-35-13-9-19/h2,7,16-17,19-20,22,27-28H,3-6,8-15H2,1H3,(H2,30,31,32,33)/b21-17+,27-16?/t20-,22-. The number of anilines is 2. The van der Waals surface area contributed by atoms with Gasteiger partial charge in [-0.2, -0.15) is 4.98 Å². The molecule has 0 bridgehead atoms. The fourth-order valence-corrected chi connectivity index (χ4v) is 5.30. The quantitative estimate of drug-likeness (QED) is 0.410. The number of hydrogen-bond donors (Lipinski definition) is 4. The highest BCUT2D eigenvalue weighted by Crippen LogP contribution is 2.28. The Morgan fingerprint density at radius 3 is 2.44 bits per heavy atom. The lowest BCUT2D eigenvalue weighted by molar-refractivity contribution is 0.00791. The largest absolute Gasteiger partial charge is 0.386 e. The molecule has 4 N–H and O–H groups in total. The lowest BCUT2D eigenvalue weighted by Crippen LogP contribution is -2.46. The molecule has 10 nitrogen and oxygen atoms in total. The number of morpholine rings is 1. The molecule has 2 aromatic rings. The summed E-state index contributed by atoms with van der Waals surface area (Å²) in [6.07, 6.45) is 9.60. The van der Waals surface area contributed by atoms with Crippen molar-refractivity contribution in [3.63, 3.8) is 0 Å². The smallest absolute Gasteiger partial charge is 0.229 e. The van der Waals surface area contributed by atoms with Crippen molar-refractivity contribution in [2.45, 2.75) is 63.6 Å². The second kappa shape index (κ2) is 11.9. The Morgan fingerprint density at radius 2 is 1.69 bits per heavy atom. The highest BCUT2D eigenvalue weighted by atomic mass is 16.5. The fourth-order valence-electron chi connectivity index (χ4n) is 5.30. The third kappa shape index (κ3) is 6.29. The van der Waals surface area contributed by atoms with E-state index in [2.05, 4.69) is 20.9 Å². The van der Waals surface area contributed by atoms with Gasteiger partial charge in [-0.15, -0.1) is 0 Å². The number of ether oxygens (including phenoxy) is 2. The monoisotopic (exact) mass is 494 g/mol. The molecule has 2 aliphatic heterocycles. The van der Waals surface area contributed by atoms with Crippen LogP contribution in [0.15, 0.2) is 24.0 Å². The van der Waals surface area contributed by atoms with Gasteiger partial charge in [0.1, 0.15) is 5.52 Å². The maximum Gasteiger partial charge on any atom is 0.229 e. The highest BCUT2D eigenvalue weighted by molar-refractivity contribution is 5.87. The molecule has 4 heterocycles. The van der Waals surface area contributed by atoms with Gasteiger partial charge in [0, 0.05) is 62.5 Å². The van der Waals surface area contributed by atoms with Crippen LogP contribution in [0.5, 0.6) is 0 Å². The molecule has 2 aromatic heterocycles. The van der Waals surface area contributed by atoms with Crippen LogP contribution in [0.4, 0.5) is 11.8 Å². The molecule has 36 heavy (non-hydrogen) atoms. The van der Waals surface area contributed by atoms with Crippen molar-refractivity contribution in [2.75, 3.05) is 50.2 Å². The Bertz CT molecular complexity index is 1060. The topological polar surface area (TPSA) is 120 Å². The Kier molecular flexibility index (Phi) is 8.25. The predicted octanol–water partition coefficient (Wildman–Crippen LogP) is 3.06. The van der Waals surface area contributed by atoms with E-state index < -0.39 is 0 Å². The molecule has 1 saturated carbocycles. The van der Waals surface area contributed by atoms with E-state index in [1.54, 1.807) is 0 Å². The summed E-state index contributed by atoms with van der Waals surface area (Å²) in [5.74, 6) is 1.21. The van der Waals surface area contributed by atoms with Crippen LogP contribution in [-0.2, 0) is 9.47 Å². The van der Waals surface area contributed by atoms with Gasteiger partial charge in [0.05, 0.1) is 24.4 Å². The number of aryl methyl sites for hydroxylation is 1. The summed E-state index contributed by atoms with van der Waals surface area (Å²) in [7, 11) is 0. The number of allylic oxidation sites excluding steroid dienone is 1. The van der Waals surface area contributed by atoms with Gasteiger partial charge >= 0.3 is 0 Å². The molecule has 2 saturated heterocycles. The lowest BCUT2D eigenvalue weighted by Gasteiger charge is -2.39. The Hall–Kier alpha value is -2.82. The first-order valence-electron chi connectivity index (χ1n) is 13.2. The van der Waals surface area contributed by atoms with Crippen molar-refractivity contribution in [2.24, 2.45) is 0 Å². The van der Waals surface area contributed by atoms with E-state index in [9.17, 15) is 0 Å². The van der Waals surface area contributed by atoms with Gasteiger partial charge in [0.2, 0.25) is 5.95 Å². The van der Waals surface area contributed by atoms with Crippen molar-refractivity contribution in [1.29, 1.82) is 5.41 Å². The maximum absolute atomic E-state index is 7.86. The van der Waals surface area contributed by atoms with Crippen molar-refractivity contribution < 1.29 is 9.47 Å². The van der Waals surface area contributed by atoms with Gasteiger partial charge in [-0.3, -0.25) is 4.90 Å². The van der Waals surface area contributed by atoms with Crippen LogP contribution in [-0.4, -0.2) is 83.7 Å². The van der Waals surface area contributed by atoms with Crippen LogP contribution in [0.3, 0.4) is 0 Å². The second-order valence-electron chi connectivity index (χ2n) is 9.94. The van der Waals surface area contributed by atoms with Gasteiger partial charge < -0.3 is 30.8 Å². The van der Waals surface area contributed by atoms with E-state index in [0.717, 1.165) is 87.7 Å². The minimum atomic E-state index is 0.350. The summed E-state index contributed by atoms with van der Waals surface area (Å²) in [6.45, 7) is 7.31. The van der Waals surface area contributed by atoms with Crippen molar-refractivity contribution in [1.82, 2.24) is 25.2 Å². The second-order valence-corrected chi connectivity index (χ2v) is 9.94. The molecular weight excluding hydrogens is 456 g/mol. The summed E-state index contributed by atoms with van der Waals surface area (Å²) in [5.41, 5.74) is 3.12. The van der Waals surface area contributed by atoms with Crippen molar-refractivity contribution in [3.05, 3.63) is 29.7 Å². The summed E-state index contributed by atoms with van der Waals surface area (Å²) in [4.78, 5) is 16.8. The first kappa shape index (κ1) is 24.9. The Labute approximate surface area is 212 Å². The molecule has 1 aliphatic carbocycles. The van der Waals surface area contributed by atoms with Gasteiger partial charge in [0.25, 0.3) is 0 Å². The highest BCUT2D eigenvalue weighted by Gasteiger charge is 2.27. The zero-order valence-electron chi connectivity index (χ0n) is 21.1. The molecule has 0 amide bonds. The van der Waals surface area contributed by atoms with Gasteiger partial charge in [-0.05, 0) is 57.6 Å². The SMILES string of the molecule is Cc1ccc2nc(N/C(C=N)=C/NC3CCOCC3)nc(N[C@H]3CC[C@H](N4CCOCC4)CC3)c2n1. The van der Waals surface area contributed by atoms with Gasteiger partial charge in [-0.1, -0.05) is 0 Å². The van der Waals surface area contributed by atoms with E-state index in [1.165, 1.54) is 19.1 Å². The van der Waals surface area contributed by atoms with Crippen LogP contribution < -0.4 is 16.0 Å². The van der Waals surface area contributed by atoms with E-state index in [0.29, 0.717) is 29.8 Å². The van der Waals surface area contributed by atoms with Crippen LogP contribution >= 0.6 is 0 Å².